The van der Waals surface area contributed by atoms with Crippen molar-refractivity contribution < 1.29 is 18.1 Å². The number of rotatable bonds is 5. The van der Waals surface area contributed by atoms with Crippen molar-refractivity contribution in [1.82, 2.24) is 0 Å². The van der Waals surface area contributed by atoms with Gasteiger partial charge in [-0.05, 0) is 52.3 Å². The van der Waals surface area contributed by atoms with E-state index in [-0.39, 0.29) is 11.0 Å². The minimum absolute atomic E-state index is 0.197. The summed E-state index contributed by atoms with van der Waals surface area (Å²) < 4.78 is 17.8. The minimum Gasteiger partial charge on any atom is -0.525 e. The van der Waals surface area contributed by atoms with E-state index >= 15 is 0 Å². The van der Waals surface area contributed by atoms with Crippen LogP contribution in [0.4, 0.5) is 0 Å². The number of carbonyl (C=O) groups excluding carboxylic acids is 1. The first-order chi connectivity index (χ1) is 11.0. The fraction of sp³-hybridized carbons (Fsp3) is 0.471. The number of fused-ring (bicyclic) bond motifs is 1. The fourth-order valence-electron chi connectivity index (χ4n) is 2.15. The zero-order valence-electron chi connectivity index (χ0n) is 15.2. The van der Waals surface area contributed by atoms with E-state index in [1.807, 2.05) is 12.1 Å². The first kappa shape index (κ1) is 19.4. The molecule has 1 aromatic carbocycles. The molecule has 0 fully saturated rings. The number of benzene rings is 1. The highest BCUT2D eigenvalue weighted by molar-refractivity contribution is 9.10. The van der Waals surface area contributed by atoms with Gasteiger partial charge in [0.15, 0.2) is 8.32 Å². The van der Waals surface area contributed by atoms with Crippen molar-refractivity contribution in [3.8, 4) is 0 Å². The minimum atomic E-state index is -1.75. The van der Waals surface area contributed by atoms with E-state index in [1.165, 1.54) is 0 Å². The van der Waals surface area contributed by atoms with Crippen LogP contribution in [0, 0.1) is 0 Å². The summed E-state index contributed by atoms with van der Waals surface area (Å²) in [5.41, 5.74) is 1.29. The van der Waals surface area contributed by atoms with Gasteiger partial charge in [0.1, 0.15) is 11.3 Å². The van der Waals surface area contributed by atoms with Gasteiger partial charge in [-0.15, -0.1) is 0 Å². The van der Waals surface area contributed by atoms with Gasteiger partial charge in [0.25, 0.3) is 0 Å². The number of hydrogen-bond acceptors (Lipinski definition) is 4. The maximum atomic E-state index is 11.7. The normalized spacial score (nSPS) is 12.8. The molecule has 0 atom stereocenters. The largest absolute Gasteiger partial charge is 0.525 e. The van der Waals surface area contributed by atoms with Crippen LogP contribution in [0.1, 0.15) is 36.9 Å². The topological polar surface area (TPSA) is 48.7 Å². The third-order valence-electron chi connectivity index (χ3n) is 4.66. The van der Waals surface area contributed by atoms with Crippen LogP contribution >= 0.6 is 15.9 Å². The van der Waals surface area contributed by atoms with Crippen LogP contribution in [-0.4, -0.2) is 31.4 Å². The molecule has 0 saturated carbocycles. The molecule has 0 unspecified atom stereocenters. The summed E-state index contributed by atoms with van der Waals surface area (Å²) >= 11 is 3.47. The third-order valence-corrected chi connectivity index (χ3v) is 10.2. The molecule has 0 aliphatic rings. The number of halogens is 1. The Hall–Kier alpha value is -0.896. The van der Waals surface area contributed by atoms with Crippen LogP contribution < -0.4 is 0 Å². The maximum absolute atomic E-state index is 11.7. The van der Waals surface area contributed by atoms with Crippen LogP contribution in [-0.2, 0) is 15.3 Å². The van der Waals surface area contributed by atoms with Gasteiger partial charge in [-0.3, -0.25) is 0 Å². The lowest BCUT2D eigenvalue weighted by Crippen LogP contribution is -2.41. The molecule has 1 heterocycles. The summed E-state index contributed by atoms with van der Waals surface area (Å²) in [6, 6.07) is 5.52. The highest BCUT2D eigenvalue weighted by Gasteiger charge is 2.36. The molecule has 7 heteroatoms. The molecule has 0 aliphatic heterocycles. The molecule has 132 valence electrons. The Bertz CT molecular complexity index is 747. The van der Waals surface area contributed by atoms with Crippen LogP contribution in [0.15, 0.2) is 27.1 Å². The zero-order valence-corrected chi connectivity index (χ0v) is 19.7. The second kappa shape index (κ2) is 7.15. The lowest BCUT2D eigenvalue weighted by atomic mass is 10.1. The van der Waals surface area contributed by atoms with Crippen molar-refractivity contribution >= 4 is 51.7 Å². The number of hydrogen-bond donors (Lipinski definition) is 0. The first-order valence-electron chi connectivity index (χ1n) is 7.99. The second-order valence-corrected chi connectivity index (χ2v) is 13.5. The fourth-order valence-corrected chi connectivity index (χ4v) is 3.98. The summed E-state index contributed by atoms with van der Waals surface area (Å²) in [5.74, 6) is 0.564. The second-order valence-electron chi connectivity index (χ2n) is 7.44. The molecule has 0 amide bonds. The molecule has 1 aromatic heterocycles. The Balaban J connectivity index is 2.14. The molecule has 0 N–H and O–H groups in total. The average Bonchev–Trinajstić information content (AvgIpc) is 2.88. The molecule has 4 nitrogen and oxygen atoms in total. The Kier molecular flexibility index (Phi) is 5.79. The Morgan fingerprint density at radius 2 is 1.96 bits per heavy atom. The van der Waals surface area contributed by atoms with Crippen molar-refractivity contribution in [2.45, 2.75) is 45.3 Å². The van der Waals surface area contributed by atoms with Crippen LogP contribution in [0.2, 0.25) is 18.1 Å². The Morgan fingerprint density at radius 3 is 2.54 bits per heavy atom. The zero-order chi connectivity index (χ0) is 18.1. The average molecular weight is 429 g/mol. The molecule has 0 radical (unpaired) electrons. The summed E-state index contributed by atoms with van der Waals surface area (Å²) in [7, 11) is -1.36. The van der Waals surface area contributed by atoms with Crippen LogP contribution in [0.5, 0.6) is 0 Å². The molecule has 2 aromatic rings. The summed E-state index contributed by atoms with van der Waals surface area (Å²) in [5, 5.41) is 1.09. The predicted octanol–water partition coefficient (Wildman–Crippen LogP) is 4.20. The Morgan fingerprint density at radius 1 is 1.29 bits per heavy atom. The van der Waals surface area contributed by atoms with Crippen molar-refractivity contribution in [2.75, 3.05) is 6.61 Å². The van der Waals surface area contributed by atoms with E-state index in [1.54, 1.807) is 6.07 Å². The van der Waals surface area contributed by atoms with E-state index in [2.05, 4.69) is 49.8 Å². The summed E-state index contributed by atoms with van der Waals surface area (Å²) in [4.78, 5) is 11.7. The molecule has 24 heavy (non-hydrogen) atoms. The maximum Gasteiger partial charge on any atom is 0.324 e. The standard InChI is InChI=1S/C17H25BrO4Si2/c1-17(2,3)24(4,5)20-7-6-13-9-11-8-12(16(19)22-23)10-14(18)15(11)21-13/h8-10H,6-7H2,1-5,23H3. The van der Waals surface area contributed by atoms with Gasteiger partial charge in [0.2, 0.25) is 10.5 Å². The van der Waals surface area contributed by atoms with Crippen molar-refractivity contribution in [3.05, 3.63) is 34.0 Å². The van der Waals surface area contributed by atoms with Crippen molar-refractivity contribution in [3.63, 3.8) is 0 Å². The number of furan rings is 1. The molecule has 0 spiro atoms. The summed E-state index contributed by atoms with van der Waals surface area (Å²) in [6.07, 6.45) is 0.716. The highest BCUT2D eigenvalue weighted by Crippen LogP contribution is 2.36. The van der Waals surface area contributed by atoms with Gasteiger partial charge >= 0.3 is 5.97 Å². The van der Waals surface area contributed by atoms with Gasteiger partial charge < -0.3 is 13.3 Å². The van der Waals surface area contributed by atoms with Gasteiger partial charge in [-0.25, -0.2) is 4.79 Å². The number of carbonyl (C=O) groups is 1. The molecular weight excluding hydrogens is 404 g/mol. The van der Waals surface area contributed by atoms with Gasteiger partial charge in [0, 0.05) is 18.4 Å². The van der Waals surface area contributed by atoms with Crippen molar-refractivity contribution in [1.29, 1.82) is 0 Å². The van der Waals surface area contributed by atoms with E-state index in [9.17, 15) is 4.79 Å². The van der Waals surface area contributed by atoms with Gasteiger partial charge in [0.05, 0.1) is 10.0 Å². The van der Waals surface area contributed by atoms with Crippen LogP contribution in [0.3, 0.4) is 0 Å². The molecule has 2 rings (SSSR count). The Labute approximate surface area is 155 Å². The van der Waals surface area contributed by atoms with E-state index in [0.29, 0.717) is 29.1 Å². The molecule has 0 saturated heterocycles. The van der Waals surface area contributed by atoms with Crippen LogP contribution in [0.25, 0.3) is 11.0 Å². The van der Waals surface area contributed by atoms with Gasteiger partial charge in [-0.2, -0.15) is 0 Å². The van der Waals surface area contributed by atoms with Crippen molar-refractivity contribution in [2.24, 2.45) is 0 Å². The van der Waals surface area contributed by atoms with Gasteiger partial charge in [-0.1, -0.05) is 20.8 Å². The summed E-state index contributed by atoms with van der Waals surface area (Å²) in [6.45, 7) is 11.8. The van der Waals surface area contributed by atoms with E-state index < -0.39 is 8.32 Å². The monoisotopic (exact) mass is 428 g/mol. The molecular formula is C17H25BrO4Si2. The van der Waals surface area contributed by atoms with E-state index in [0.717, 1.165) is 21.2 Å². The van der Waals surface area contributed by atoms with E-state index in [4.69, 9.17) is 13.3 Å². The smallest absolute Gasteiger partial charge is 0.324 e. The first-order valence-corrected chi connectivity index (χ1v) is 12.5. The molecule has 0 aliphatic carbocycles. The lowest BCUT2D eigenvalue weighted by Gasteiger charge is -2.36. The lowest BCUT2D eigenvalue weighted by molar-refractivity contribution is 0.0749. The SMILES string of the molecule is CC(C)(C)[Si](C)(C)OCCc1cc2cc(C(=O)O[SiH3])cc(Br)c2o1. The molecule has 0 bridgehead atoms. The predicted molar refractivity (Wildman–Crippen MR) is 106 cm³/mol. The quantitative estimate of drug-likeness (QED) is 0.669. The third kappa shape index (κ3) is 4.19. The highest BCUT2D eigenvalue weighted by atomic mass is 79.9.